The molecular formula is C60H41N3. The van der Waals surface area contributed by atoms with Gasteiger partial charge >= 0.3 is 0 Å². The molecule has 1 aliphatic heterocycles. The minimum Gasteiger partial charge on any atom is -0.309 e. The van der Waals surface area contributed by atoms with Crippen molar-refractivity contribution >= 4 is 93.0 Å². The van der Waals surface area contributed by atoms with Gasteiger partial charge in [-0.2, -0.15) is 0 Å². The largest absolute Gasteiger partial charge is 0.309 e. The van der Waals surface area contributed by atoms with Crippen molar-refractivity contribution in [3.05, 3.63) is 223 Å². The van der Waals surface area contributed by atoms with Gasteiger partial charge in [-0.05, 0) is 98.4 Å². The van der Waals surface area contributed by atoms with E-state index in [0.29, 0.717) is 0 Å². The Morgan fingerprint density at radius 2 is 1.06 bits per heavy atom. The van der Waals surface area contributed by atoms with Crippen molar-refractivity contribution < 1.29 is 0 Å². The summed E-state index contributed by atoms with van der Waals surface area (Å²) in [5.74, 6) is 0.959. The van der Waals surface area contributed by atoms with Gasteiger partial charge in [0.2, 0.25) is 0 Å². The molecule has 2 aromatic heterocycles. The van der Waals surface area contributed by atoms with Crippen LogP contribution >= 0.6 is 0 Å². The van der Waals surface area contributed by atoms with Gasteiger partial charge in [-0.15, -0.1) is 0 Å². The standard InChI is InChI=1S/C60H41N3/c1-2-38-36-44-17-6-11-24-53(44)61-60(57(38)43-28-26-42(27-29-43)47-23-13-18-39-14-3-7-19-46(39)47)63-55-35-32-45(37-52(55)58-48-20-8-4-15-40(48)31-34-56(58)63)62-54-25-12-10-22-50(54)51-33-30-41-16-5-9-21-49(41)59(51)62/h3-35,37H,2,36H2,1H3. The third-order valence-corrected chi connectivity index (χ3v) is 13.6. The molecule has 3 nitrogen and oxygen atoms in total. The second kappa shape index (κ2) is 14.0. The number of allylic oxidation sites excluding steroid dienone is 2. The fourth-order valence-corrected chi connectivity index (χ4v) is 10.7. The van der Waals surface area contributed by atoms with Crippen molar-refractivity contribution in [2.75, 3.05) is 0 Å². The Morgan fingerprint density at radius 3 is 1.89 bits per heavy atom. The van der Waals surface area contributed by atoms with E-state index in [9.17, 15) is 0 Å². The average Bonchev–Trinajstić information content (AvgIpc) is 3.80. The molecule has 0 spiro atoms. The van der Waals surface area contributed by atoms with Gasteiger partial charge in [0.15, 0.2) is 0 Å². The Balaban J connectivity index is 1.09. The maximum atomic E-state index is 5.74. The summed E-state index contributed by atoms with van der Waals surface area (Å²) in [5.41, 5.74) is 14.3. The fourth-order valence-electron chi connectivity index (χ4n) is 10.7. The molecule has 3 heterocycles. The van der Waals surface area contributed by atoms with Gasteiger partial charge in [0, 0.05) is 38.2 Å². The molecule has 0 amide bonds. The predicted molar refractivity (Wildman–Crippen MR) is 268 cm³/mol. The zero-order valence-corrected chi connectivity index (χ0v) is 34.9. The van der Waals surface area contributed by atoms with E-state index in [1.165, 1.54) is 98.3 Å². The lowest BCUT2D eigenvalue weighted by atomic mass is 9.91. The Bertz CT molecular complexity index is 3910. The van der Waals surface area contributed by atoms with Crippen LogP contribution in [0.25, 0.3) is 98.3 Å². The van der Waals surface area contributed by atoms with Crippen LogP contribution in [0.4, 0.5) is 5.69 Å². The first-order valence-electron chi connectivity index (χ1n) is 22.1. The van der Waals surface area contributed by atoms with Crippen molar-refractivity contribution in [2.45, 2.75) is 19.8 Å². The van der Waals surface area contributed by atoms with Crippen molar-refractivity contribution in [1.29, 1.82) is 0 Å². The van der Waals surface area contributed by atoms with Crippen molar-refractivity contribution in [1.82, 2.24) is 9.13 Å². The summed E-state index contributed by atoms with van der Waals surface area (Å²) in [7, 11) is 0. The van der Waals surface area contributed by atoms with E-state index in [1.807, 2.05) is 0 Å². The number of hydrogen-bond donors (Lipinski definition) is 0. The van der Waals surface area contributed by atoms with E-state index >= 15 is 0 Å². The molecular weight excluding hydrogens is 763 g/mol. The highest BCUT2D eigenvalue weighted by molar-refractivity contribution is 6.33. The van der Waals surface area contributed by atoms with Gasteiger partial charge in [-0.1, -0.05) is 182 Å². The lowest BCUT2D eigenvalue weighted by molar-refractivity contribution is 1.01. The SMILES string of the molecule is CCC1=C(c2ccc(-c3cccc4ccccc34)cc2)C(n2c3ccc(-n4c5ccccc5c5ccc6ccccc6c54)cc3c3c4ccccc4ccc32)=Nc2ccccc2C1. The first kappa shape index (κ1) is 35.7. The summed E-state index contributed by atoms with van der Waals surface area (Å²) in [4.78, 5) is 5.74. The normalized spacial score (nSPS) is 13.2. The average molecular weight is 804 g/mol. The third-order valence-electron chi connectivity index (χ3n) is 13.6. The maximum Gasteiger partial charge on any atom is 0.146 e. The lowest BCUT2D eigenvalue weighted by Crippen LogP contribution is -2.15. The third kappa shape index (κ3) is 5.43. The zero-order chi connectivity index (χ0) is 41.6. The van der Waals surface area contributed by atoms with Crippen LogP contribution in [0.3, 0.4) is 0 Å². The molecule has 0 radical (unpaired) electrons. The molecule has 0 N–H and O–H groups in total. The number of rotatable bonds is 4. The lowest BCUT2D eigenvalue weighted by Gasteiger charge is -2.19. The van der Waals surface area contributed by atoms with Crippen molar-refractivity contribution in [2.24, 2.45) is 4.99 Å². The number of hydrogen-bond acceptors (Lipinski definition) is 1. The predicted octanol–water partition coefficient (Wildman–Crippen LogP) is 16.0. The molecule has 0 saturated carbocycles. The van der Waals surface area contributed by atoms with Crippen molar-refractivity contribution in [3.63, 3.8) is 0 Å². The quantitative estimate of drug-likeness (QED) is 0.169. The first-order chi connectivity index (χ1) is 31.2. The Hall–Kier alpha value is -8.01. The Labute approximate surface area is 365 Å². The highest BCUT2D eigenvalue weighted by atomic mass is 15.1. The molecule has 12 aromatic rings. The topological polar surface area (TPSA) is 22.2 Å². The van der Waals surface area contributed by atoms with Gasteiger partial charge in [-0.3, -0.25) is 4.57 Å². The van der Waals surface area contributed by atoms with Crippen LogP contribution in [0.5, 0.6) is 0 Å². The van der Waals surface area contributed by atoms with Gasteiger partial charge in [0.25, 0.3) is 0 Å². The smallest absolute Gasteiger partial charge is 0.146 e. The summed E-state index contributed by atoms with van der Waals surface area (Å²) in [6.45, 7) is 2.30. The number of benzene rings is 10. The van der Waals surface area contributed by atoms with Crippen LogP contribution in [0.15, 0.2) is 217 Å². The zero-order valence-electron chi connectivity index (χ0n) is 34.9. The minimum atomic E-state index is 0.839. The fraction of sp³-hybridized carbons (Fsp3) is 0.0500. The number of aliphatic imine (C=N–C) groups is 1. The van der Waals surface area contributed by atoms with Crippen LogP contribution in [-0.2, 0) is 6.42 Å². The molecule has 63 heavy (non-hydrogen) atoms. The molecule has 0 bridgehead atoms. The molecule has 3 heteroatoms. The summed E-state index contributed by atoms with van der Waals surface area (Å²) < 4.78 is 4.95. The molecule has 0 aliphatic carbocycles. The van der Waals surface area contributed by atoms with E-state index in [4.69, 9.17) is 4.99 Å². The molecule has 0 atom stereocenters. The highest BCUT2D eigenvalue weighted by Crippen LogP contribution is 2.43. The van der Waals surface area contributed by atoms with Gasteiger partial charge in [0.1, 0.15) is 5.84 Å². The Kier molecular flexibility index (Phi) is 7.95. The van der Waals surface area contributed by atoms with E-state index < -0.39 is 0 Å². The van der Waals surface area contributed by atoms with E-state index in [1.54, 1.807) is 0 Å². The molecule has 0 saturated heterocycles. The van der Waals surface area contributed by atoms with Crippen LogP contribution in [0, 0.1) is 0 Å². The maximum absolute atomic E-state index is 5.74. The molecule has 13 rings (SSSR count). The summed E-state index contributed by atoms with van der Waals surface area (Å²) in [6.07, 6.45) is 1.74. The number of aromatic nitrogens is 2. The van der Waals surface area contributed by atoms with E-state index in [0.717, 1.165) is 41.1 Å². The van der Waals surface area contributed by atoms with Gasteiger partial charge < -0.3 is 4.57 Å². The van der Waals surface area contributed by atoms with E-state index in [2.05, 4.69) is 222 Å². The van der Waals surface area contributed by atoms with Gasteiger partial charge in [-0.25, -0.2) is 4.99 Å². The van der Waals surface area contributed by atoms with Crippen LogP contribution < -0.4 is 0 Å². The number of nitrogens with zero attached hydrogens (tertiary/aromatic N) is 3. The van der Waals surface area contributed by atoms with Crippen LogP contribution in [-0.4, -0.2) is 15.0 Å². The van der Waals surface area contributed by atoms with Crippen LogP contribution in [0.1, 0.15) is 24.5 Å². The second-order valence-electron chi connectivity index (χ2n) is 16.9. The molecule has 10 aromatic carbocycles. The summed E-state index contributed by atoms with van der Waals surface area (Å²) in [6, 6.07) is 75.9. The number of para-hydroxylation sites is 2. The molecule has 296 valence electrons. The number of fused-ring (bicyclic) bond motifs is 12. The highest BCUT2D eigenvalue weighted by Gasteiger charge is 2.27. The van der Waals surface area contributed by atoms with E-state index in [-0.39, 0.29) is 0 Å². The van der Waals surface area contributed by atoms with Crippen LogP contribution in [0.2, 0.25) is 0 Å². The molecule has 0 unspecified atom stereocenters. The monoisotopic (exact) mass is 803 g/mol. The Morgan fingerprint density at radius 1 is 0.444 bits per heavy atom. The summed E-state index contributed by atoms with van der Waals surface area (Å²) >= 11 is 0. The minimum absolute atomic E-state index is 0.839. The van der Waals surface area contributed by atoms with Gasteiger partial charge in [0.05, 0.1) is 27.8 Å². The summed E-state index contributed by atoms with van der Waals surface area (Å²) in [5, 5.41) is 12.4. The molecule has 0 fully saturated rings. The van der Waals surface area contributed by atoms with Crippen molar-refractivity contribution in [3.8, 4) is 16.8 Å². The molecule has 1 aliphatic rings. The second-order valence-corrected chi connectivity index (χ2v) is 16.9. The first-order valence-corrected chi connectivity index (χ1v) is 22.1.